The molecule has 0 saturated carbocycles. The van der Waals surface area contributed by atoms with Gasteiger partial charge in [-0.25, -0.2) is 4.98 Å². The number of hydrogen-bond acceptors (Lipinski definition) is 3. The van der Waals surface area contributed by atoms with Crippen molar-refractivity contribution in [2.75, 3.05) is 6.61 Å². The number of aromatic nitrogens is 2. The molecule has 2 heterocycles. The number of nitrogens with zero attached hydrogens (tertiary/aromatic N) is 3. The van der Waals surface area contributed by atoms with Gasteiger partial charge in [0.1, 0.15) is 0 Å². The van der Waals surface area contributed by atoms with Crippen molar-refractivity contribution in [3.63, 3.8) is 0 Å². The van der Waals surface area contributed by atoms with Crippen LogP contribution in [0.3, 0.4) is 0 Å². The summed E-state index contributed by atoms with van der Waals surface area (Å²) in [6.07, 6.45) is 6.25. The first-order valence-electron chi connectivity index (χ1n) is 6.74. The number of ether oxygens (including phenoxy) is 1. The van der Waals surface area contributed by atoms with Crippen LogP contribution in [0.2, 0.25) is 0 Å². The Morgan fingerprint density at radius 1 is 1.42 bits per heavy atom. The quantitative estimate of drug-likeness (QED) is 0.798. The smallest absolute Gasteiger partial charge is 0.179 e. The third-order valence-corrected chi connectivity index (χ3v) is 3.47. The van der Waals surface area contributed by atoms with Crippen LogP contribution in [0.4, 0.5) is 0 Å². The minimum atomic E-state index is 0.358. The van der Waals surface area contributed by atoms with Gasteiger partial charge in [0.2, 0.25) is 0 Å². The first kappa shape index (κ1) is 13.4. The Hall–Kier alpha value is -2.02. The predicted molar refractivity (Wildman–Crippen MR) is 74.1 cm³/mol. The fourth-order valence-corrected chi connectivity index (χ4v) is 2.09. The lowest BCUT2D eigenvalue weighted by Crippen LogP contribution is -2.10. The average molecular weight is 257 g/mol. The number of nitriles is 1. The van der Waals surface area contributed by atoms with Crippen molar-refractivity contribution in [2.24, 2.45) is 5.92 Å². The first-order valence-corrected chi connectivity index (χ1v) is 6.74. The van der Waals surface area contributed by atoms with E-state index in [1.807, 2.05) is 22.7 Å². The van der Waals surface area contributed by atoms with Crippen LogP contribution in [-0.4, -0.2) is 16.0 Å². The summed E-state index contributed by atoms with van der Waals surface area (Å²) in [5, 5.41) is 8.78. The lowest BCUT2D eigenvalue weighted by Gasteiger charge is -2.14. The molecule has 0 radical (unpaired) electrons. The third kappa shape index (κ3) is 2.87. The van der Waals surface area contributed by atoms with E-state index in [2.05, 4.69) is 24.9 Å². The van der Waals surface area contributed by atoms with Gasteiger partial charge in [0.15, 0.2) is 11.4 Å². The standard InChI is InChI=1S/C15H19N3O/c1-3-12(4-2)11-19-14-6-5-9-18-13(7-8-16)10-17-15(14)18/h5-6,9-10,12H,3-4,7,11H2,1-2H3. The Kier molecular flexibility index (Phi) is 4.40. The van der Waals surface area contributed by atoms with Gasteiger partial charge in [0, 0.05) is 6.20 Å². The van der Waals surface area contributed by atoms with Crippen molar-refractivity contribution in [1.29, 1.82) is 5.26 Å². The molecule has 100 valence electrons. The molecule has 0 aliphatic carbocycles. The van der Waals surface area contributed by atoms with Crippen molar-refractivity contribution in [3.05, 3.63) is 30.2 Å². The Morgan fingerprint density at radius 2 is 2.21 bits per heavy atom. The van der Waals surface area contributed by atoms with Gasteiger partial charge in [-0.1, -0.05) is 26.7 Å². The number of pyridine rings is 1. The van der Waals surface area contributed by atoms with Crippen LogP contribution in [0, 0.1) is 17.2 Å². The lowest BCUT2D eigenvalue weighted by atomic mass is 10.1. The molecule has 0 aliphatic heterocycles. The topological polar surface area (TPSA) is 50.3 Å². The van der Waals surface area contributed by atoms with E-state index < -0.39 is 0 Å². The zero-order valence-electron chi connectivity index (χ0n) is 11.5. The van der Waals surface area contributed by atoms with Crippen molar-refractivity contribution in [2.45, 2.75) is 33.1 Å². The highest BCUT2D eigenvalue weighted by Crippen LogP contribution is 2.21. The molecule has 0 atom stereocenters. The fraction of sp³-hybridized carbons (Fsp3) is 0.467. The van der Waals surface area contributed by atoms with Crippen LogP contribution in [0.25, 0.3) is 5.65 Å². The van der Waals surface area contributed by atoms with Gasteiger partial charge >= 0.3 is 0 Å². The molecule has 0 saturated heterocycles. The first-order chi connectivity index (χ1) is 9.30. The van der Waals surface area contributed by atoms with E-state index >= 15 is 0 Å². The Bertz CT molecular complexity index is 579. The normalized spacial score (nSPS) is 10.8. The van der Waals surface area contributed by atoms with Gasteiger partial charge in [-0.2, -0.15) is 5.26 Å². The zero-order valence-corrected chi connectivity index (χ0v) is 11.5. The summed E-state index contributed by atoms with van der Waals surface area (Å²) < 4.78 is 7.81. The SMILES string of the molecule is CCC(CC)COc1cccn2c(CC#N)cnc12. The summed E-state index contributed by atoms with van der Waals surface area (Å²) in [6, 6.07) is 6.01. The maximum atomic E-state index is 8.78. The number of imidazole rings is 1. The molecule has 2 rings (SSSR count). The molecule has 4 nitrogen and oxygen atoms in total. The molecular formula is C15H19N3O. The molecule has 19 heavy (non-hydrogen) atoms. The zero-order chi connectivity index (χ0) is 13.7. The summed E-state index contributed by atoms with van der Waals surface area (Å²) in [4.78, 5) is 4.35. The molecule has 0 aliphatic rings. The van der Waals surface area contributed by atoms with Gasteiger partial charge in [0.25, 0.3) is 0 Å². The molecule has 0 amide bonds. The maximum Gasteiger partial charge on any atom is 0.179 e. The number of hydrogen-bond donors (Lipinski definition) is 0. The van der Waals surface area contributed by atoms with E-state index in [1.165, 1.54) is 0 Å². The van der Waals surface area contributed by atoms with Crippen LogP contribution in [0.15, 0.2) is 24.5 Å². The fourth-order valence-electron chi connectivity index (χ4n) is 2.09. The van der Waals surface area contributed by atoms with Crippen LogP contribution in [0.1, 0.15) is 32.4 Å². The van der Waals surface area contributed by atoms with Crippen LogP contribution >= 0.6 is 0 Å². The van der Waals surface area contributed by atoms with Gasteiger partial charge in [0.05, 0.1) is 31.0 Å². The van der Waals surface area contributed by atoms with Crippen molar-refractivity contribution >= 4 is 5.65 Å². The van der Waals surface area contributed by atoms with E-state index in [9.17, 15) is 0 Å². The summed E-state index contributed by atoms with van der Waals surface area (Å²) in [5.41, 5.74) is 1.68. The Labute approximate surface area is 113 Å². The van der Waals surface area contributed by atoms with E-state index in [-0.39, 0.29) is 0 Å². The molecule has 2 aromatic rings. The molecule has 0 fully saturated rings. The summed E-state index contributed by atoms with van der Waals surface area (Å²) in [7, 11) is 0. The average Bonchev–Trinajstić information content (AvgIpc) is 2.85. The molecular weight excluding hydrogens is 238 g/mol. The molecule has 0 N–H and O–H groups in total. The third-order valence-electron chi connectivity index (χ3n) is 3.47. The van der Waals surface area contributed by atoms with E-state index in [4.69, 9.17) is 10.00 Å². The van der Waals surface area contributed by atoms with Gasteiger partial charge in [-0.05, 0) is 18.1 Å². The van der Waals surface area contributed by atoms with Crippen molar-refractivity contribution in [3.8, 4) is 11.8 Å². The van der Waals surface area contributed by atoms with Crippen LogP contribution < -0.4 is 4.74 Å². The minimum absolute atomic E-state index is 0.358. The molecule has 0 spiro atoms. The van der Waals surface area contributed by atoms with Crippen molar-refractivity contribution in [1.82, 2.24) is 9.38 Å². The molecule has 0 aromatic carbocycles. The molecule has 0 unspecified atom stereocenters. The summed E-state index contributed by atoms with van der Waals surface area (Å²) in [6.45, 7) is 5.07. The van der Waals surface area contributed by atoms with Crippen LogP contribution in [0.5, 0.6) is 5.75 Å². The second kappa shape index (κ2) is 6.24. The lowest BCUT2D eigenvalue weighted by molar-refractivity contribution is 0.242. The summed E-state index contributed by atoms with van der Waals surface area (Å²) >= 11 is 0. The highest BCUT2D eigenvalue weighted by Gasteiger charge is 2.10. The van der Waals surface area contributed by atoms with Gasteiger partial charge in [-0.3, -0.25) is 4.40 Å². The minimum Gasteiger partial charge on any atom is -0.489 e. The second-order valence-electron chi connectivity index (χ2n) is 4.64. The summed E-state index contributed by atoms with van der Waals surface area (Å²) in [5.74, 6) is 1.37. The van der Waals surface area contributed by atoms with E-state index in [0.29, 0.717) is 18.9 Å². The predicted octanol–water partition coefficient (Wildman–Crippen LogP) is 3.22. The molecule has 2 aromatic heterocycles. The number of rotatable bonds is 6. The monoisotopic (exact) mass is 257 g/mol. The largest absolute Gasteiger partial charge is 0.489 e. The van der Waals surface area contributed by atoms with E-state index in [0.717, 1.165) is 29.9 Å². The number of fused-ring (bicyclic) bond motifs is 1. The highest BCUT2D eigenvalue weighted by atomic mass is 16.5. The van der Waals surface area contributed by atoms with Gasteiger partial charge < -0.3 is 4.74 Å². The Morgan fingerprint density at radius 3 is 2.89 bits per heavy atom. The van der Waals surface area contributed by atoms with Crippen LogP contribution in [-0.2, 0) is 6.42 Å². The Balaban J connectivity index is 2.22. The van der Waals surface area contributed by atoms with Gasteiger partial charge in [-0.15, -0.1) is 0 Å². The second-order valence-corrected chi connectivity index (χ2v) is 4.64. The molecule has 4 heteroatoms. The van der Waals surface area contributed by atoms with E-state index in [1.54, 1.807) is 6.20 Å². The maximum absolute atomic E-state index is 8.78. The van der Waals surface area contributed by atoms with Crippen molar-refractivity contribution < 1.29 is 4.74 Å². The highest BCUT2D eigenvalue weighted by molar-refractivity contribution is 5.54. The molecule has 0 bridgehead atoms.